The molecule has 0 aliphatic carbocycles. The van der Waals surface area contributed by atoms with Crippen LogP contribution >= 0.6 is 0 Å². The Hall–Kier alpha value is -2.09. The molecule has 114 valence electrons. The molecule has 0 aliphatic heterocycles. The van der Waals surface area contributed by atoms with E-state index >= 15 is 0 Å². The average Bonchev–Trinajstić information content (AvgIpc) is 2.42. The van der Waals surface area contributed by atoms with Crippen LogP contribution in [0, 0.1) is 17.2 Å². The molecule has 0 saturated heterocycles. The van der Waals surface area contributed by atoms with E-state index in [1.165, 1.54) is 0 Å². The Morgan fingerprint density at radius 3 is 2.76 bits per heavy atom. The molecule has 0 aromatic carbocycles. The van der Waals surface area contributed by atoms with E-state index in [2.05, 4.69) is 31.8 Å². The molecule has 0 radical (unpaired) electrons. The second-order valence-electron chi connectivity index (χ2n) is 5.58. The summed E-state index contributed by atoms with van der Waals surface area (Å²) in [7, 11) is 0. The molecule has 1 aromatic heterocycles. The highest BCUT2D eigenvalue weighted by Crippen LogP contribution is 2.13. The van der Waals surface area contributed by atoms with Crippen molar-refractivity contribution in [2.45, 2.75) is 40.0 Å². The summed E-state index contributed by atoms with van der Waals surface area (Å²) in [4.78, 5) is 18.6. The van der Waals surface area contributed by atoms with E-state index < -0.39 is 0 Å². The molecular weight excluding hydrogens is 264 g/mol. The van der Waals surface area contributed by atoms with E-state index in [1.807, 2.05) is 6.07 Å². The fraction of sp³-hybridized carbons (Fsp3) is 0.562. The van der Waals surface area contributed by atoms with Gasteiger partial charge in [-0.3, -0.25) is 4.79 Å². The van der Waals surface area contributed by atoms with Crippen LogP contribution in [0.25, 0.3) is 0 Å². The van der Waals surface area contributed by atoms with Gasteiger partial charge in [-0.05, 0) is 24.5 Å². The monoisotopic (exact) mass is 288 g/mol. The first-order chi connectivity index (χ1) is 9.97. The Bertz CT molecular complexity index is 519. The number of carbonyl (C=O) groups excluding carboxylic acids is 1. The van der Waals surface area contributed by atoms with Crippen LogP contribution in [-0.2, 0) is 6.42 Å². The van der Waals surface area contributed by atoms with Crippen molar-refractivity contribution in [3.8, 4) is 6.07 Å². The van der Waals surface area contributed by atoms with Crippen LogP contribution in [0.15, 0.2) is 12.1 Å². The number of anilines is 1. The van der Waals surface area contributed by atoms with Crippen molar-refractivity contribution in [3.63, 3.8) is 0 Å². The number of amides is 1. The van der Waals surface area contributed by atoms with Crippen LogP contribution < -0.4 is 5.73 Å². The van der Waals surface area contributed by atoms with Gasteiger partial charge >= 0.3 is 0 Å². The van der Waals surface area contributed by atoms with E-state index in [4.69, 9.17) is 11.0 Å². The second-order valence-corrected chi connectivity index (χ2v) is 5.58. The number of hydrogen-bond donors (Lipinski definition) is 1. The Morgan fingerprint density at radius 1 is 1.48 bits per heavy atom. The lowest BCUT2D eigenvalue weighted by atomic mass is 10.1. The molecule has 5 nitrogen and oxygen atoms in total. The molecule has 1 amide bonds. The quantitative estimate of drug-likeness (QED) is 0.836. The Labute approximate surface area is 126 Å². The number of pyridine rings is 1. The molecule has 1 aromatic rings. The van der Waals surface area contributed by atoms with Gasteiger partial charge < -0.3 is 10.6 Å². The minimum atomic E-state index is -0.0783. The lowest BCUT2D eigenvalue weighted by Gasteiger charge is -2.24. The molecule has 2 N–H and O–H groups in total. The maximum Gasteiger partial charge on any atom is 0.254 e. The van der Waals surface area contributed by atoms with Gasteiger partial charge in [-0.2, -0.15) is 5.26 Å². The maximum atomic E-state index is 12.6. The molecule has 0 aliphatic rings. The highest BCUT2D eigenvalue weighted by molar-refractivity contribution is 5.95. The van der Waals surface area contributed by atoms with Crippen molar-refractivity contribution in [2.24, 2.45) is 5.92 Å². The molecule has 0 spiro atoms. The highest BCUT2D eigenvalue weighted by Gasteiger charge is 2.18. The predicted molar refractivity (Wildman–Crippen MR) is 83.6 cm³/mol. The highest BCUT2D eigenvalue weighted by atomic mass is 16.2. The summed E-state index contributed by atoms with van der Waals surface area (Å²) in [5.41, 5.74) is 7.19. The summed E-state index contributed by atoms with van der Waals surface area (Å²) < 4.78 is 0. The fourth-order valence-electron chi connectivity index (χ4n) is 2.20. The lowest BCUT2D eigenvalue weighted by Crippen LogP contribution is -2.35. The Balaban J connectivity index is 2.99. The van der Waals surface area contributed by atoms with Crippen LogP contribution in [0.4, 0.5) is 5.82 Å². The minimum Gasteiger partial charge on any atom is -0.384 e. The van der Waals surface area contributed by atoms with Gasteiger partial charge in [-0.25, -0.2) is 4.98 Å². The lowest BCUT2D eigenvalue weighted by molar-refractivity contribution is 0.0739. The summed E-state index contributed by atoms with van der Waals surface area (Å²) in [6.07, 6.45) is 2.09. The summed E-state index contributed by atoms with van der Waals surface area (Å²) in [6.45, 7) is 7.24. The van der Waals surface area contributed by atoms with Crippen molar-refractivity contribution in [1.82, 2.24) is 9.88 Å². The van der Waals surface area contributed by atoms with Crippen LogP contribution in [0.3, 0.4) is 0 Å². The smallest absolute Gasteiger partial charge is 0.254 e. The molecule has 21 heavy (non-hydrogen) atoms. The topological polar surface area (TPSA) is 83.0 Å². The van der Waals surface area contributed by atoms with Crippen molar-refractivity contribution < 1.29 is 4.79 Å². The largest absolute Gasteiger partial charge is 0.384 e. The van der Waals surface area contributed by atoms with Crippen LogP contribution in [0.1, 0.15) is 49.7 Å². The van der Waals surface area contributed by atoms with Gasteiger partial charge in [-0.15, -0.1) is 0 Å². The molecule has 5 heteroatoms. The van der Waals surface area contributed by atoms with Crippen molar-refractivity contribution >= 4 is 11.7 Å². The number of aromatic nitrogens is 1. The number of rotatable bonds is 7. The van der Waals surface area contributed by atoms with Crippen LogP contribution in [0.5, 0.6) is 0 Å². The molecule has 0 fully saturated rings. The van der Waals surface area contributed by atoms with Gasteiger partial charge in [0.05, 0.1) is 12.5 Å². The third kappa shape index (κ3) is 5.42. The standard InChI is InChI=1S/C16H24N4O/c1-4-6-14-9-13(10-15(18)19-14)16(21)20(8-5-7-17)11-12(2)3/h9-10,12H,4-6,8,11H2,1-3H3,(H2,18,19). The SMILES string of the molecule is CCCc1cc(C(=O)N(CCC#N)CC(C)C)cc(N)n1. The first-order valence-electron chi connectivity index (χ1n) is 7.40. The maximum absolute atomic E-state index is 12.6. The molecule has 0 unspecified atom stereocenters. The number of hydrogen-bond acceptors (Lipinski definition) is 4. The molecule has 0 bridgehead atoms. The zero-order valence-corrected chi connectivity index (χ0v) is 13.1. The second kappa shape index (κ2) is 8.25. The van der Waals surface area contributed by atoms with Gasteiger partial charge in [0.15, 0.2) is 0 Å². The first kappa shape index (κ1) is 17.0. The summed E-state index contributed by atoms with van der Waals surface area (Å²) >= 11 is 0. The van der Waals surface area contributed by atoms with Gasteiger partial charge in [0.25, 0.3) is 5.91 Å². The summed E-state index contributed by atoms with van der Waals surface area (Å²) in [5.74, 6) is 0.640. The normalized spacial score (nSPS) is 10.4. The van der Waals surface area contributed by atoms with Gasteiger partial charge in [0.1, 0.15) is 5.82 Å². The minimum absolute atomic E-state index is 0.0783. The zero-order chi connectivity index (χ0) is 15.8. The summed E-state index contributed by atoms with van der Waals surface area (Å²) in [6, 6.07) is 5.51. The zero-order valence-electron chi connectivity index (χ0n) is 13.1. The van der Waals surface area contributed by atoms with E-state index in [0.717, 1.165) is 18.5 Å². The van der Waals surface area contributed by atoms with Crippen LogP contribution in [0.2, 0.25) is 0 Å². The third-order valence-corrected chi connectivity index (χ3v) is 3.02. The van der Waals surface area contributed by atoms with E-state index in [0.29, 0.717) is 36.8 Å². The van der Waals surface area contributed by atoms with Crippen molar-refractivity contribution in [2.75, 3.05) is 18.8 Å². The molecule has 0 atom stereocenters. The van der Waals surface area contributed by atoms with Gasteiger partial charge in [0, 0.05) is 24.3 Å². The van der Waals surface area contributed by atoms with Crippen molar-refractivity contribution in [3.05, 3.63) is 23.4 Å². The van der Waals surface area contributed by atoms with Crippen LogP contribution in [-0.4, -0.2) is 28.9 Å². The Kier molecular flexibility index (Phi) is 6.67. The number of carbonyl (C=O) groups is 1. The number of nitrogens with zero attached hydrogens (tertiary/aromatic N) is 3. The fourth-order valence-corrected chi connectivity index (χ4v) is 2.20. The molecule has 1 heterocycles. The predicted octanol–water partition coefficient (Wildman–Crippen LogP) is 2.63. The summed E-state index contributed by atoms with van der Waals surface area (Å²) in [5, 5.41) is 8.74. The van der Waals surface area contributed by atoms with E-state index in [1.54, 1.807) is 11.0 Å². The van der Waals surface area contributed by atoms with Gasteiger partial charge in [-0.1, -0.05) is 27.2 Å². The van der Waals surface area contributed by atoms with E-state index in [9.17, 15) is 4.79 Å². The van der Waals surface area contributed by atoms with E-state index in [-0.39, 0.29) is 5.91 Å². The molecule has 0 saturated carbocycles. The molecule has 1 rings (SSSR count). The molecular formula is C16H24N4O. The van der Waals surface area contributed by atoms with Gasteiger partial charge in [0.2, 0.25) is 0 Å². The van der Waals surface area contributed by atoms with Crippen molar-refractivity contribution in [1.29, 1.82) is 5.26 Å². The first-order valence-corrected chi connectivity index (χ1v) is 7.40. The number of nitrogen functional groups attached to an aromatic ring is 1. The number of nitrogens with two attached hydrogens (primary N) is 1. The Morgan fingerprint density at radius 2 is 2.19 bits per heavy atom. The number of aryl methyl sites for hydroxylation is 1. The third-order valence-electron chi connectivity index (χ3n) is 3.02. The average molecular weight is 288 g/mol. The number of nitriles is 1.